The van der Waals surface area contributed by atoms with E-state index in [0.29, 0.717) is 11.1 Å². The molecule has 0 saturated carbocycles. The number of carbonyl (C=O) groups is 1. The summed E-state index contributed by atoms with van der Waals surface area (Å²) < 4.78 is 5.73. The first kappa shape index (κ1) is 16.5. The fraction of sp³-hybridized carbons (Fsp3) is 0.150. The minimum Gasteiger partial charge on any atom is -0.436 e. The lowest BCUT2D eigenvalue weighted by Gasteiger charge is -2.23. The van der Waals surface area contributed by atoms with Crippen LogP contribution in [-0.4, -0.2) is 30.1 Å². The molecular weight excluding hydrogens is 314 g/mol. The Hall–Kier alpha value is -3.39. The van der Waals surface area contributed by atoms with E-state index in [9.17, 15) is 10.1 Å². The molecule has 3 aromatic rings. The van der Waals surface area contributed by atoms with Crippen molar-refractivity contribution in [2.45, 2.75) is 6.10 Å². The Morgan fingerprint density at radius 3 is 2.64 bits per heavy atom. The number of nitriles is 1. The van der Waals surface area contributed by atoms with E-state index in [1.54, 1.807) is 32.6 Å². The molecular formula is C20H17N3O2. The minimum absolute atomic E-state index is 0.430. The first-order chi connectivity index (χ1) is 12.1. The van der Waals surface area contributed by atoms with E-state index < -0.39 is 12.2 Å². The van der Waals surface area contributed by atoms with Crippen LogP contribution >= 0.6 is 0 Å². The van der Waals surface area contributed by atoms with Gasteiger partial charge in [0.1, 0.15) is 0 Å². The van der Waals surface area contributed by atoms with Crippen LogP contribution in [0.4, 0.5) is 4.79 Å². The van der Waals surface area contributed by atoms with Crippen LogP contribution in [0.3, 0.4) is 0 Å². The fourth-order valence-electron chi connectivity index (χ4n) is 2.70. The number of ether oxygens (including phenoxy) is 1. The largest absolute Gasteiger partial charge is 0.436 e. The molecule has 0 spiro atoms. The summed E-state index contributed by atoms with van der Waals surface area (Å²) in [6, 6.07) is 17.5. The van der Waals surface area contributed by atoms with Crippen LogP contribution in [0.25, 0.3) is 10.8 Å². The number of hydrogen-bond donors (Lipinski definition) is 0. The van der Waals surface area contributed by atoms with Gasteiger partial charge in [0.2, 0.25) is 0 Å². The summed E-state index contributed by atoms with van der Waals surface area (Å²) in [5, 5.41) is 11.4. The summed E-state index contributed by atoms with van der Waals surface area (Å²) in [6.07, 6.45) is 1.93. The van der Waals surface area contributed by atoms with Gasteiger partial charge in [0.25, 0.3) is 0 Å². The molecule has 3 rings (SSSR count). The van der Waals surface area contributed by atoms with Gasteiger partial charge >= 0.3 is 6.09 Å². The number of pyridine rings is 1. The molecule has 2 aromatic carbocycles. The molecule has 1 amide bonds. The van der Waals surface area contributed by atoms with E-state index in [1.807, 2.05) is 42.5 Å². The quantitative estimate of drug-likeness (QED) is 0.730. The van der Waals surface area contributed by atoms with Gasteiger partial charge in [-0.05, 0) is 16.8 Å². The van der Waals surface area contributed by atoms with Gasteiger partial charge in [0.15, 0.2) is 6.10 Å². The maximum Gasteiger partial charge on any atom is 0.410 e. The summed E-state index contributed by atoms with van der Waals surface area (Å²) in [5.41, 5.74) is 1.81. The number of fused-ring (bicyclic) bond motifs is 1. The molecule has 5 heteroatoms. The van der Waals surface area contributed by atoms with E-state index in [1.165, 1.54) is 4.90 Å². The normalized spacial score (nSPS) is 11.6. The number of amides is 1. The average Bonchev–Trinajstić information content (AvgIpc) is 2.65. The van der Waals surface area contributed by atoms with Gasteiger partial charge in [-0.15, -0.1) is 0 Å². The van der Waals surface area contributed by atoms with Crippen molar-refractivity contribution in [3.8, 4) is 6.07 Å². The third kappa shape index (κ3) is 3.29. The Labute approximate surface area is 146 Å². The lowest BCUT2D eigenvalue weighted by Crippen LogP contribution is -2.25. The minimum atomic E-state index is -0.718. The molecule has 1 heterocycles. The number of benzene rings is 2. The summed E-state index contributed by atoms with van der Waals surface area (Å²) in [5.74, 6) is 0. The number of aromatic nitrogens is 1. The molecule has 0 radical (unpaired) electrons. The summed E-state index contributed by atoms with van der Waals surface area (Å²) in [6.45, 7) is 0. The van der Waals surface area contributed by atoms with E-state index in [4.69, 9.17) is 4.74 Å². The standard InChI is InChI=1S/C20H17N3O2/c1-23(2)20(24)25-19(18-13-22-11-10-15(18)12-21)17-9-5-7-14-6-3-4-8-16(14)17/h3-11,13,19H,1-2H3. The number of carbonyl (C=O) groups excluding carboxylic acids is 1. The first-order valence-corrected chi connectivity index (χ1v) is 7.81. The van der Waals surface area contributed by atoms with Crippen molar-refractivity contribution in [2.24, 2.45) is 0 Å². The van der Waals surface area contributed by atoms with Gasteiger partial charge in [-0.25, -0.2) is 4.79 Å². The van der Waals surface area contributed by atoms with Crippen molar-refractivity contribution < 1.29 is 9.53 Å². The Balaban J connectivity index is 2.20. The van der Waals surface area contributed by atoms with Crippen LogP contribution in [0.15, 0.2) is 60.9 Å². The smallest absolute Gasteiger partial charge is 0.410 e. The zero-order valence-corrected chi connectivity index (χ0v) is 14.0. The molecule has 0 aliphatic carbocycles. The molecule has 1 atom stereocenters. The second-order valence-electron chi connectivity index (χ2n) is 5.80. The van der Waals surface area contributed by atoms with Crippen LogP contribution in [0, 0.1) is 11.3 Å². The maximum absolute atomic E-state index is 12.2. The van der Waals surface area contributed by atoms with Crippen LogP contribution in [0.5, 0.6) is 0 Å². The molecule has 0 fully saturated rings. The molecule has 1 unspecified atom stereocenters. The Kier molecular flexibility index (Phi) is 4.62. The van der Waals surface area contributed by atoms with Crippen molar-refractivity contribution >= 4 is 16.9 Å². The van der Waals surface area contributed by atoms with Crippen LogP contribution in [0.2, 0.25) is 0 Å². The SMILES string of the molecule is CN(C)C(=O)OC(c1cnccc1C#N)c1cccc2ccccc12. The predicted molar refractivity (Wildman–Crippen MR) is 94.9 cm³/mol. The van der Waals surface area contributed by atoms with Crippen LogP contribution in [-0.2, 0) is 4.74 Å². The molecule has 0 bridgehead atoms. The number of nitrogens with zero attached hydrogens (tertiary/aromatic N) is 3. The zero-order valence-electron chi connectivity index (χ0n) is 14.0. The van der Waals surface area contributed by atoms with Crippen LogP contribution < -0.4 is 0 Å². The number of rotatable bonds is 3. The van der Waals surface area contributed by atoms with Gasteiger partial charge in [-0.1, -0.05) is 42.5 Å². The Morgan fingerprint density at radius 2 is 1.88 bits per heavy atom. The molecule has 1 aromatic heterocycles. The van der Waals surface area contributed by atoms with Gasteiger partial charge in [-0.3, -0.25) is 4.98 Å². The fourth-order valence-corrected chi connectivity index (χ4v) is 2.70. The van der Waals surface area contributed by atoms with E-state index in [0.717, 1.165) is 16.3 Å². The summed E-state index contributed by atoms with van der Waals surface area (Å²) in [4.78, 5) is 17.7. The molecule has 5 nitrogen and oxygen atoms in total. The third-order valence-electron chi connectivity index (χ3n) is 3.94. The highest BCUT2D eigenvalue weighted by Crippen LogP contribution is 2.33. The monoisotopic (exact) mass is 331 g/mol. The van der Waals surface area contributed by atoms with E-state index >= 15 is 0 Å². The van der Waals surface area contributed by atoms with Gasteiger partial charge in [0, 0.05) is 37.6 Å². The molecule has 25 heavy (non-hydrogen) atoms. The van der Waals surface area contributed by atoms with Crippen molar-refractivity contribution in [1.82, 2.24) is 9.88 Å². The first-order valence-electron chi connectivity index (χ1n) is 7.81. The predicted octanol–water partition coefficient (Wildman–Crippen LogP) is 3.89. The molecule has 0 N–H and O–H groups in total. The Morgan fingerprint density at radius 1 is 1.12 bits per heavy atom. The van der Waals surface area contributed by atoms with Gasteiger partial charge < -0.3 is 9.64 Å². The zero-order chi connectivity index (χ0) is 17.8. The highest BCUT2D eigenvalue weighted by molar-refractivity contribution is 5.86. The van der Waals surface area contributed by atoms with Crippen molar-refractivity contribution in [3.63, 3.8) is 0 Å². The van der Waals surface area contributed by atoms with Gasteiger partial charge in [0.05, 0.1) is 11.6 Å². The number of hydrogen-bond acceptors (Lipinski definition) is 4. The van der Waals surface area contributed by atoms with Crippen LogP contribution in [0.1, 0.15) is 22.8 Å². The third-order valence-corrected chi connectivity index (χ3v) is 3.94. The topological polar surface area (TPSA) is 66.2 Å². The summed E-state index contributed by atoms with van der Waals surface area (Å²) >= 11 is 0. The molecule has 0 aliphatic rings. The second-order valence-corrected chi connectivity index (χ2v) is 5.80. The van der Waals surface area contributed by atoms with E-state index in [2.05, 4.69) is 11.1 Å². The second kappa shape index (κ2) is 7.02. The maximum atomic E-state index is 12.2. The highest BCUT2D eigenvalue weighted by atomic mass is 16.6. The van der Waals surface area contributed by atoms with Crippen molar-refractivity contribution in [2.75, 3.05) is 14.1 Å². The molecule has 0 saturated heterocycles. The van der Waals surface area contributed by atoms with E-state index in [-0.39, 0.29) is 0 Å². The highest BCUT2D eigenvalue weighted by Gasteiger charge is 2.24. The molecule has 0 aliphatic heterocycles. The Bertz CT molecular complexity index is 955. The van der Waals surface area contributed by atoms with Crippen molar-refractivity contribution in [1.29, 1.82) is 5.26 Å². The average molecular weight is 331 g/mol. The van der Waals surface area contributed by atoms with Gasteiger partial charge in [-0.2, -0.15) is 5.26 Å². The molecule has 124 valence electrons. The lowest BCUT2D eigenvalue weighted by atomic mass is 9.94. The van der Waals surface area contributed by atoms with Crippen molar-refractivity contribution in [3.05, 3.63) is 77.6 Å². The summed E-state index contributed by atoms with van der Waals surface area (Å²) in [7, 11) is 3.24. The lowest BCUT2D eigenvalue weighted by molar-refractivity contribution is 0.0913.